The average molecular weight is 276 g/mol. The summed E-state index contributed by atoms with van der Waals surface area (Å²) in [6.07, 6.45) is 3.70. The van der Waals surface area contributed by atoms with E-state index in [2.05, 4.69) is 6.92 Å². The first-order valence-electron chi connectivity index (χ1n) is 6.86. The van der Waals surface area contributed by atoms with E-state index in [9.17, 15) is 8.42 Å². The number of nitrogens with zero attached hydrogens (tertiary/aromatic N) is 1. The Morgan fingerprint density at radius 3 is 2.72 bits per heavy atom. The summed E-state index contributed by atoms with van der Waals surface area (Å²) < 4.78 is 32.0. The van der Waals surface area contributed by atoms with Gasteiger partial charge in [-0.05, 0) is 31.6 Å². The lowest BCUT2D eigenvalue weighted by molar-refractivity contribution is 0.124. The molecule has 0 aromatic heterocycles. The minimum absolute atomic E-state index is 0.0369. The minimum Gasteiger partial charge on any atom is -0.377 e. The molecule has 0 spiro atoms. The molecule has 2 aliphatic rings. The van der Waals surface area contributed by atoms with Crippen LogP contribution in [0.15, 0.2) is 0 Å². The van der Waals surface area contributed by atoms with Crippen molar-refractivity contribution in [3.05, 3.63) is 0 Å². The Balaban J connectivity index is 2.06. The van der Waals surface area contributed by atoms with Gasteiger partial charge in [0.2, 0.25) is 10.0 Å². The molecule has 3 unspecified atom stereocenters. The van der Waals surface area contributed by atoms with Crippen molar-refractivity contribution in [2.45, 2.75) is 44.8 Å². The average Bonchev–Trinajstić information content (AvgIpc) is 2.80. The van der Waals surface area contributed by atoms with E-state index in [1.165, 1.54) is 0 Å². The number of hydrogen-bond acceptors (Lipinski definition) is 4. The van der Waals surface area contributed by atoms with Gasteiger partial charge in [-0.2, -0.15) is 4.31 Å². The van der Waals surface area contributed by atoms with Gasteiger partial charge < -0.3 is 10.5 Å². The second-order valence-electron chi connectivity index (χ2n) is 5.45. The quantitative estimate of drug-likeness (QED) is 0.814. The predicted octanol–water partition coefficient (Wildman–Crippen LogP) is 0.554. The predicted molar refractivity (Wildman–Crippen MR) is 70.7 cm³/mol. The fourth-order valence-corrected chi connectivity index (χ4v) is 5.05. The maximum atomic E-state index is 12.4. The third-order valence-corrected chi connectivity index (χ3v) is 6.04. The van der Waals surface area contributed by atoms with Crippen molar-refractivity contribution in [1.82, 2.24) is 4.31 Å². The summed E-state index contributed by atoms with van der Waals surface area (Å²) in [5, 5.41) is 0. The molecule has 2 heterocycles. The molecule has 0 aromatic carbocycles. The SMILES string of the molecule is CC1CCCN(S(=O)(=O)CC2CCCO2)C1CN. The maximum absolute atomic E-state index is 12.4. The Morgan fingerprint density at radius 2 is 2.11 bits per heavy atom. The normalized spacial score (nSPS) is 34.9. The van der Waals surface area contributed by atoms with Crippen molar-refractivity contribution in [1.29, 1.82) is 0 Å². The molecule has 106 valence electrons. The van der Waals surface area contributed by atoms with Crippen LogP contribution < -0.4 is 5.73 Å². The first kappa shape index (κ1) is 14.2. The van der Waals surface area contributed by atoms with Crippen LogP contribution in [0.4, 0.5) is 0 Å². The van der Waals surface area contributed by atoms with Crippen LogP contribution in [0.1, 0.15) is 32.6 Å². The molecule has 0 saturated carbocycles. The molecule has 3 atom stereocenters. The molecular weight excluding hydrogens is 252 g/mol. The Kier molecular flexibility index (Phi) is 4.64. The zero-order chi connectivity index (χ0) is 13.2. The van der Waals surface area contributed by atoms with Crippen LogP contribution in [-0.4, -0.2) is 50.3 Å². The number of nitrogens with two attached hydrogens (primary N) is 1. The van der Waals surface area contributed by atoms with Gasteiger partial charge in [0.05, 0.1) is 11.9 Å². The maximum Gasteiger partial charge on any atom is 0.216 e. The van der Waals surface area contributed by atoms with E-state index in [0.717, 1.165) is 25.7 Å². The lowest BCUT2D eigenvalue weighted by Gasteiger charge is -2.38. The molecule has 6 heteroatoms. The molecule has 0 amide bonds. The molecule has 2 saturated heterocycles. The summed E-state index contributed by atoms with van der Waals surface area (Å²) in [7, 11) is -3.23. The fourth-order valence-electron chi connectivity index (χ4n) is 3.01. The summed E-state index contributed by atoms with van der Waals surface area (Å²) in [6, 6.07) is -0.0369. The molecule has 0 aliphatic carbocycles. The van der Waals surface area contributed by atoms with E-state index >= 15 is 0 Å². The summed E-state index contributed by atoms with van der Waals surface area (Å²) in [5.74, 6) is 0.471. The largest absolute Gasteiger partial charge is 0.377 e. The van der Waals surface area contributed by atoms with Gasteiger partial charge in [0.25, 0.3) is 0 Å². The molecule has 0 bridgehead atoms. The van der Waals surface area contributed by atoms with Crippen molar-refractivity contribution in [3.63, 3.8) is 0 Å². The van der Waals surface area contributed by atoms with Gasteiger partial charge in [-0.25, -0.2) is 8.42 Å². The third-order valence-electron chi connectivity index (χ3n) is 4.08. The molecule has 18 heavy (non-hydrogen) atoms. The van der Waals surface area contributed by atoms with Gasteiger partial charge in [-0.1, -0.05) is 6.92 Å². The van der Waals surface area contributed by atoms with Crippen molar-refractivity contribution in [2.24, 2.45) is 11.7 Å². The van der Waals surface area contributed by atoms with E-state index in [1.54, 1.807) is 4.31 Å². The van der Waals surface area contributed by atoms with Gasteiger partial charge in [0, 0.05) is 25.7 Å². The first-order valence-corrected chi connectivity index (χ1v) is 8.46. The second-order valence-corrected chi connectivity index (χ2v) is 7.41. The van der Waals surface area contributed by atoms with Crippen LogP contribution in [0.2, 0.25) is 0 Å². The summed E-state index contributed by atoms with van der Waals surface area (Å²) in [5.41, 5.74) is 5.75. The van der Waals surface area contributed by atoms with Crippen molar-refractivity contribution < 1.29 is 13.2 Å². The number of hydrogen-bond donors (Lipinski definition) is 1. The van der Waals surface area contributed by atoms with Crippen LogP contribution in [-0.2, 0) is 14.8 Å². The zero-order valence-corrected chi connectivity index (χ0v) is 11.9. The summed E-state index contributed by atoms with van der Waals surface area (Å²) in [6.45, 7) is 3.80. The van der Waals surface area contributed by atoms with Gasteiger partial charge in [-0.15, -0.1) is 0 Å². The molecule has 0 radical (unpaired) electrons. The highest BCUT2D eigenvalue weighted by molar-refractivity contribution is 7.89. The van der Waals surface area contributed by atoms with Crippen LogP contribution in [0.3, 0.4) is 0 Å². The topological polar surface area (TPSA) is 72.6 Å². The molecule has 0 aromatic rings. The Morgan fingerprint density at radius 1 is 1.33 bits per heavy atom. The number of sulfonamides is 1. The smallest absolute Gasteiger partial charge is 0.216 e. The van der Waals surface area contributed by atoms with E-state index in [4.69, 9.17) is 10.5 Å². The second kappa shape index (κ2) is 5.86. The third kappa shape index (κ3) is 3.04. The summed E-state index contributed by atoms with van der Waals surface area (Å²) >= 11 is 0. The fraction of sp³-hybridized carbons (Fsp3) is 1.00. The van der Waals surface area contributed by atoms with Crippen LogP contribution in [0.5, 0.6) is 0 Å². The number of piperidine rings is 1. The molecule has 2 fully saturated rings. The van der Waals surface area contributed by atoms with Crippen LogP contribution >= 0.6 is 0 Å². The molecule has 2 rings (SSSR count). The molecular formula is C12H24N2O3S. The highest BCUT2D eigenvalue weighted by Gasteiger charge is 2.37. The lowest BCUT2D eigenvalue weighted by Crippen LogP contribution is -2.52. The van der Waals surface area contributed by atoms with E-state index in [-0.39, 0.29) is 17.9 Å². The lowest BCUT2D eigenvalue weighted by atomic mass is 9.93. The zero-order valence-electron chi connectivity index (χ0n) is 11.0. The standard InChI is InChI=1S/C12H24N2O3S/c1-10-4-2-6-14(12(10)8-13)18(15,16)9-11-5-3-7-17-11/h10-12H,2-9,13H2,1H3. The van der Waals surface area contributed by atoms with Gasteiger partial charge in [0.15, 0.2) is 0 Å². The molecule has 2 N–H and O–H groups in total. The number of rotatable bonds is 4. The Hall–Kier alpha value is -0.170. The Bertz CT molecular complexity index is 366. The Labute approximate surface area is 110 Å². The molecule has 5 nitrogen and oxygen atoms in total. The van der Waals surface area contributed by atoms with Crippen molar-refractivity contribution in [2.75, 3.05) is 25.4 Å². The number of ether oxygens (including phenoxy) is 1. The highest BCUT2D eigenvalue weighted by atomic mass is 32.2. The van der Waals surface area contributed by atoms with E-state index < -0.39 is 10.0 Å². The molecule has 2 aliphatic heterocycles. The van der Waals surface area contributed by atoms with Crippen LogP contribution in [0.25, 0.3) is 0 Å². The van der Waals surface area contributed by atoms with Crippen molar-refractivity contribution in [3.8, 4) is 0 Å². The monoisotopic (exact) mass is 276 g/mol. The minimum atomic E-state index is -3.23. The van der Waals surface area contributed by atoms with E-state index in [1.807, 2.05) is 0 Å². The van der Waals surface area contributed by atoms with E-state index in [0.29, 0.717) is 25.6 Å². The van der Waals surface area contributed by atoms with Gasteiger partial charge in [0.1, 0.15) is 0 Å². The van der Waals surface area contributed by atoms with Gasteiger partial charge >= 0.3 is 0 Å². The van der Waals surface area contributed by atoms with Gasteiger partial charge in [-0.3, -0.25) is 0 Å². The summed E-state index contributed by atoms with van der Waals surface area (Å²) in [4.78, 5) is 0. The van der Waals surface area contributed by atoms with Crippen LogP contribution in [0, 0.1) is 5.92 Å². The highest BCUT2D eigenvalue weighted by Crippen LogP contribution is 2.26. The van der Waals surface area contributed by atoms with Crippen molar-refractivity contribution >= 4 is 10.0 Å². The first-order chi connectivity index (χ1) is 8.54.